The van der Waals surface area contributed by atoms with Crippen molar-refractivity contribution in [1.82, 2.24) is 5.32 Å². The summed E-state index contributed by atoms with van der Waals surface area (Å²) in [6.07, 6.45) is 7.16. The Balaban J connectivity index is 1.97. The SMILES string of the molecule is C1CC[C@H]2[N]CC[C@@H]2C1. The first-order chi connectivity index (χ1) is 4.47. The van der Waals surface area contributed by atoms with Crippen molar-refractivity contribution in [3.8, 4) is 0 Å². The highest BCUT2D eigenvalue weighted by Crippen LogP contribution is 2.30. The largest absolute Gasteiger partial charge is 0.238 e. The first-order valence-corrected chi connectivity index (χ1v) is 4.13. The molecule has 0 aromatic heterocycles. The van der Waals surface area contributed by atoms with Gasteiger partial charge in [0.1, 0.15) is 0 Å². The lowest BCUT2D eigenvalue weighted by molar-refractivity contribution is 0.323. The Bertz CT molecular complexity index is 88.7. The van der Waals surface area contributed by atoms with E-state index in [0.29, 0.717) is 0 Å². The van der Waals surface area contributed by atoms with E-state index < -0.39 is 0 Å². The Morgan fingerprint density at radius 1 is 1.00 bits per heavy atom. The predicted octanol–water partition coefficient (Wildman–Crippen LogP) is 1.55. The van der Waals surface area contributed by atoms with Gasteiger partial charge in [0.15, 0.2) is 0 Å². The van der Waals surface area contributed by atoms with Gasteiger partial charge in [0, 0.05) is 12.6 Å². The Kier molecular flexibility index (Phi) is 1.46. The van der Waals surface area contributed by atoms with Crippen LogP contribution in [0, 0.1) is 5.92 Å². The van der Waals surface area contributed by atoms with Crippen molar-refractivity contribution < 1.29 is 0 Å². The second-order valence-corrected chi connectivity index (χ2v) is 3.31. The second-order valence-electron chi connectivity index (χ2n) is 3.31. The standard InChI is InChI=1S/C8H14N/c1-2-4-8-7(3-1)5-6-9-8/h7-8H,1-6H2/t7-,8+/m0/s1. The fourth-order valence-electron chi connectivity index (χ4n) is 2.17. The van der Waals surface area contributed by atoms with E-state index in [1.807, 2.05) is 0 Å². The third kappa shape index (κ3) is 0.983. The fourth-order valence-corrected chi connectivity index (χ4v) is 2.17. The highest BCUT2D eigenvalue weighted by molar-refractivity contribution is 4.85. The molecule has 9 heavy (non-hydrogen) atoms. The summed E-state index contributed by atoms with van der Waals surface area (Å²) in [5, 5.41) is 4.56. The molecule has 2 atom stereocenters. The summed E-state index contributed by atoms with van der Waals surface area (Å²) >= 11 is 0. The molecular weight excluding hydrogens is 110 g/mol. The summed E-state index contributed by atoms with van der Waals surface area (Å²) in [7, 11) is 0. The van der Waals surface area contributed by atoms with E-state index in [4.69, 9.17) is 0 Å². The molecule has 51 valence electrons. The molecular formula is C8H14N. The maximum absolute atomic E-state index is 4.56. The van der Waals surface area contributed by atoms with E-state index >= 15 is 0 Å². The summed E-state index contributed by atoms with van der Waals surface area (Å²) in [6.45, 7) is 1.16. The molecule has 1 nitrogen and oxygen atoms in total. The molecule has 0 spiro atoms. The molecule has 2 fully saturated rings. The average molecular weight is 124 g/mol. The molecule has 0 aromatic rings. The van der Waals surface area contributed by atoms with Crippen LogP contribution in [-0.2, 0) is 0 Å². The third-order valence-electron chi connectivity index (χ3n) is 2.73. The maximum Gasteiger partial charge on any atom is 0.0274 e. The molecule has 1 aliphatic carbocycles. The molecule has 1 radical (unpaired) electrons. The average Bonchev–Trinajstić information content (AvgIpc) is 2.33. The zero-order chi connectivity index (χ0) is 6.10. The lowest BCUT2D eigenvalue weighted by Crippen LogP contribution is -2.24. The monoisotopic (exact) mass is 124 g/mol. The zero-order valence-corrected chi connectivity index (χ0v) is 5.84. The first-order valence-electron chi connectivity index (χ1n) is 4.13. The number of hydrogen-bond acceptors (Lipinski definition) is 0. The zero-order valence-electron chi connectivity index (χ0n) is 5.84. The van der Waals surface area contributed by atoms with Gasteiger partial charge in [0.25, 0.3) is 0 Å². The predicted molar refractivity (Wildman–Crippen MR) is 37.4 cm³/mol. The van der Waals surface area contributed by atoms with Gasteiger partial charge >= 0.3 is 0 Å². The van der Waals surface area contributed by atoms with Crippen LogP contribution in [0.1, 0.15) is 32.1 Å². The molecule has 1 aliphatic heterocycles. The topological polar surface area (TPSA) is 14.1 Å². The van der Waals surface area contributed by atoms with E-state index in [1.54, 1.807) is 0 Å². The minimum Gasteiger partial charge on any atom is -0.238 e. The van der Waals surface area contributed by atoms with Crippen LogP contribution >= 0.6 is 0 Å². The number of rotatable bonds is 0. The van der Waals surface area contributed by atoms with Crippen molar-refractivity contribution in [2.45, 2.75) is 38.1 Å². The third-order valence-corrected chi connectivity index (χ3v) is 2.73. The molecule has 0 N–H and O–H groups in total. The smallest absolute Gasteiger partial charge is 0.0274 e. The molecule has 1 saturated heterocycles. The first kappa shape index (κ1) is 5.72. The molecule has 1 heterocycles. The van der Waals surface area contributed by atoms with Crippen molar-refractivity contribution in [2.75, 3.05) is 6.54 Å². The summed E-state index contributed by atoms with van der Waals surface area (Å²) < 4.78 is 0. The lowest BCUT2D eigenvalue weighted by Gasteiger charge is -2.23. The van der Waals surface area contributed by atoms with E-state index in [0.717, 1.165) is 18.5 Å². The lowest BCUT2D eigenvalue weighted by atomic mass is 9.86. The minimum absolute atomic E-state index is 0.791. The van der Waals surface area contributed by atoms with Gasteiger partial charge < -0.3 is 0 Å². The van der Waals surface area contributed by atoms with Gasteiger partial charge in [0.2, 0.25) is 0 Å². The molecule has 0 unspecified atom stereocenters. The number of fused-ring (bicyclic) bond motifs is 1. The quantitative estimate of drug-likeness (QED) is 0.465. The Morgan fingerprint density at radius 3 is 2.78 bits per heavy atom. The van der Waals surface area contributed by atoms with Gasteiger partial charge in [-0.15, -0.1) is 0 Å². The van der Waals surface area contributed by atoms with Gasteiger partial charge in [-0.2, -0.15) is 0 Å². The van der Waals surface area contributed by atoms with Crippen molar-refractivity contribution in [3.05, 3.63) is 0 Å². The Hall–Kier alpha value is -0.0400. The van der Waals surface area contributed by atoms with E-state index in [1.165, 1.54) is 32.1 Å². The molecule has 1 heteroatoms. The number of hydrogen-bond donors (Lipinski definition) is 0. The van der Waals surface area contributed by atoms with Crippen LogP contribution in [0.15, 0.2) is 0 Å². The van der Waals surface area contributed by atoms with Gasteiger partial charge in [-0.3, -0.25) is 0 Å². The molecule has 0 amide bonds. The van der Waals surface area contributed by atoms with E-state index in [-0.39, 0.29) is 0 Å². The second kappa shape index (κ2) is 2.30. The molecule has 1 saturated carbocycles. The van der Waals surface area contributed by atoms with Crippen LogP contribution in [-0.4, -0.2) is 12.6 Å². The van der Waals surface area contributed by atoms with Crippen molar-refractivity contribution in [1.29, 1.82) is 0 Å². The summed E-state index contributed by atoms with van der Waals surface area (Å²) in [6, 6.07) is 0.791. The van der Waals surface area contributed by atoms with E-state index in [2.05, 4.69) is 5.32 Å². The van der Waals surface area contributed by atoms with Gasteiger partial charge in [0.05, 0.1) is 0 Å². The Morgan fingerprint density at radius 2 is 1.89 bits per heavy atom. The highest BCUT2D eigenvalue weighted by Gasteiger charge is 2.29. The normalized spacial score (nSPS) is 42.7. The highest BCUT2D eigenvalue weighted by atomic mass is 15.0. The molecule has 2 rings (SSSR count). The fraction of sp³-hybridized carbons (Fsp3) is 1.00. The minimum atomic E-state index is 0.791. The van der Waals surface area contributed by atoms with Crippen LogP contribution in [0.25, 0.3) is 0 Å². The van der Waals surface area contributed by atoms with Crippen LogP contribution in [0.2, 0.25) is 0 Å². The molecule has 0 bridgehead atoms. The van der Waals surface area contributed by atoms with Gasteiger partial charge in [-0.05, 0) is 25.2 Å². The van der Waals surface area contributed by atoms with Gasteiger partial charge in [-0.1, -0.05) is 12.8 Å². The van der Waals surface area contributed by atoms with E-state index in [9.17, 15) is 0 Å². The van der Waals surface area contributed by atoms with Crippen LogP contribution in [0.5, 0.6) is 0 Å². The van der Waals surface area contributed by atoms with Crippen molar-refractivity contribution >= 4 is 0 Å². The maximum atomic E-state index is 4.56. The Labute approximate surface area is 56.8 Å². The van der Waals surface area contributed by atoms with Crippen LogP contribution in [0.3, 0.4) is 0 Å². The summed E-state index contributed by atoms with van der Waals surface area (Å²) in [5.41, 5.74) is 0. The molecule has 2 aliphatic rings. The van der Waals surface area contributed by atoms with Crippen molar-refractivity contribution in [2.24, 2.45) is 5.92 Å². The molecule has 0 aromatic carbocycles. The van der Waals surface area contributed by atoms with Crippen LogP contribution in [0.4, 0.5) is 0 Å². The summed E-state index contributed by atoms with van der Waals surface area (Å²) in [4.78, 5) is 0. The summed E-state index contributed by atoms with van der Waals surface area (Å²) in [5.74, 6) is 0.999. The number of nitrogens with zero attached hydrogens (tertiary/aromatic N) is 1. The van der Waals surface area contributed by atoms with Gasteiger partial charge in [-0.25, -0.2) is 5.32 Å². The van der Waals surface area contributed by atoms with Crippen molar-refractivity contribution in [3.63, 3.8) is 0 Å². The van der Waals surface area contributed by atoms with Crippen LogP contribution < -0.4 is 5.32 Å².